The van der Waals surface area contributed by atoms with E-state index in [1.54, 1.807) is 24.3 Å². The van der Waals surface area contributed by atoms with Crippen molar-refractivity contribution in [3.05, 3.63) is 46.2 Å². The Bertz CT molecular complexity index is 1670. The first-order valence-corrected chi connectivity index (χ1v) is 15.0. The average molecular weight is 621 g/mol. The molecule has 0 radical (unpaired) electrons. The van der Waals surface area contributed by atoms with E-state index in [1.165, 1.54) is 26.4 Å². The maximum atomic E-state index is 13.2. The van der Waals surface area contributed by atoms with Crippen LogP contribution in [0.2, 0.25) is 0 Å². The van der Waals surface area contributed by atoms with Crippen LogP contribution in [0.4, 0.5) is 11.4 Å². The predicted molar refractivity (Wildman–Crippen MR) is 155 cm³/mol. The fourth-order valence-corrected chi connectivity index (χ4v) is 6.96. The summed E-state index contributed by atoms with van der Waals surface area (Å²) in [6.45, 7) is 0. The summed E-state index contributed by atoms with van der Waals surface area (Å²) < 4.78 is 43.0. The van der Waals surface area contributed by atoms with Crippen LogP contribution < -0.4 is 18.9 Å². The lowest BCUT2D eigenvalue weighted by Gasteiger charge is -2.15. The number of fused-ring (bicyclic) bond motifs is 2. The SMILES string of the molecule is COc1cc2cc(C(=O)CCC(=O)O)sc2cc1NS(=O)(=O)Nc1cc2sc(C(=O)CCC(=O)O)cc2cc1OC. The second-order valence-electron chi connectivity index (χ2n) is 8.74. The number of carbonyl (C=O) groups is 4. The number of carboxylic acid groups (broad SMARTS) is 2. The van der Waals surface area contributed by atoms with Crippen LogP contribution in [-0.2, 0) is 19.8 Å². The largest absolute Gasteiger partial charge is 0.495 e. The number of aliphatic carboxylic acids is 2. The summed E-state index contributed by atoms with van der Waals surface area (Å²) >= 11 is 2.21. The summed E-state index contributed by atoms with van der Waals surface area (Å²) in [5.41, 5.74) is 0.197. The lowest BCUT2D eigenvalue weighted by molar-refractivity contribution is -0.137. The van der Waals surface area contributed by atoms with Gasteiger partial charge in [-0.3, -0.25) is 28.6 Å². The molecule has 15 heteroatoms. The summed E-state index contributed by atoms with van der Waals surface area (Å²) in [4.78, 5) is 47.1. The molecule has 2 aromatic heterocycles. The molecule has 0 aliphatic carbocycles. The summed E-state index contributed by atoms with van der Waals surface area (Å²) in [5, 5.41) is 18.9. The van der Waals surface area contributed by atoms with Crippen LogP contribution in [0.15, 0.2) is 36.4 Å². The lowest BCUT2D eigenvalue weighted by Crippen LogP contribution is -2.22. The molecule has 4 rings (SSSR count). The third-order valence-electron chi connectivity index (χ3n) is 5.85. The molecule has 2 heterocycles. The van der Waals surface area contributed by atoms with Gasteiger partial charge in [0.05, 0.1) is 48.2 Å². The number of benzene rings is 2. The molecule has 0 aliphatic heterocycles. The van der Waals surface area contributed by atoms with Gasteiger partial charge < -0.3 is 19.7 Å². The number of Topliss-reactive ketones (excluding diaryl/α,β-unsaturated/α-hetero) is 2. The first-order chi connectivity index (χ1) is 19.4. The second kappa shape index (κ2) is 12.1. The topological polar surface area (TPSA) is 185 Å². The van der Waals surface area contributed by atoms with E-state index in [2.05, 4.69) is 9.44 Å². The van der Waals surface area contributed by atoms with E-state index in [-0.39, 0.29) is 60.1 Å². The number of carbonyl (C=O) groups excluding carboxylic acids is 2. The van der Waals surface area contributed by atoms with Gasteiger partial charge in [-0.25, -0.2) is 0 Å². The van der Waals surface area contributed by atoms with Crippen LogP contribution in [-0.4, -0.2) is 56.4 Å². The molecule has 2 aromatic carbocycles. The molecule has 0 saturated carbocycles. The molecule has 0 spiro atoms. The van der Waals surface area contributed by atoms with Crippen molar-refractivity contribution >= 4 is 87.9 Å². The minimum absolute atomic E-state index is 0.0985. The number of anilines is 2. The first-order valence-electron chi connectivity index (χ1n) is 11.9. The Morgan fingerprint density at radius 1 is 0.683 bits per heavy atom. The second-order valence-corrected chi connectivity index (χ2v) is 12.3. The minimum Gasteiger partial charge on any atom is -0.495 e. The van der Waals surface area contributed by atoms with Gasteiger partial charge >= 0.3 is 22.1 Å². The summed E-state index contributed by atoms with van der Waals surface area (Å²) in [6.07, 6.45) is -0.902. The zero-order valence-electron chi connectivity index (χ0n) is 21.7. The monoisotopic (exact) mass is 620 g/mol. The Hall–Kier alpha value is -4.21. The highest BCUT2D eigenvalue weighted by Crippen LogP contribution is 2.38. The molecule has 0 aliphatic rings. The molecule has 4 aromatic rings. The smallest absolute Gasteiger partial charge is 0.321 e. The van der Waals surface area contributed by atoms with Crippen molar-refractivity contribution in [3.63, 3.8) is 0 Å². The van der Waals surface area contributed by atoms with E-state index >= 15 is 0 Å². The molecule has 41 heavy (non-hydrogen) atoms. The number of ketones is 2. The number of nitrogens with one attached hydrogen (secondary N) is 2. The maximum Gasteiger partial charge on any atom is 0.321 e. The Kier molecular flexibility index (Phi) is 8.80. The number of ether oxygens (including phenoxy) is 2. The summed E-state index contributed by atoms with van der Waals surface area (Å²) in [5.74, 6) is -2.45. The van der Waals surface area contributed by atoms with E-state index in [0.29, 0.717) is 29.9 Å². The number of rotatable bonds is 14. The average Bonchev–Trinajstić information content (AvgIpc) is 3.52. The molecule has 12 nitrogen and oxygen atoms in total. The van der Waals surface area contributed by atoms with Crippen molar-refractivity contribution in [2.24, 2.45) is 0 Å². The standard InChI is InChI=1S/C26H24N2O10S3/c1-37-19-7-13-9-23(17(29)3-5-25(31)32)39-21(13)11-15(19)27-41(35,36)28-16-12-22-14(8-20(16)38-2)10-24(40-22)18(30)4-6-26(33)34/h7-12,27-28H,3-6H2,1-2H3,(H,31,32)(H,33,34). The maximum absolute atomic E-state index is 13.2. The van der Waals surface area contributed by atoms with Gasteiger partial charge in [0.15, 0.2) is 11.6 Å². The number of hydrogen-bond donors (Lipinski definition) is 4. The van der Waals surface area contributed by atoms with E-state index in [1.807, 2.05) is 0 Å². The highest BCUT2D eigenvalue weighted by molar-refractivity contribution is 7.94. The van der Waals surface area contributed by atoms with E-state index in [4.69, 9.17) is 19.7 Å². The van der Waals surface area contributed by atoms with E-state index in [9.17, 15) is 27.6 Å². The molecule has 216 valence electrons. The van der Waals surface area contributed by atoms with Gasteiger partial charge in [0.25, 0.3) is 0 Å². The van der Waals surface area contributed by atoms with Crippen molar-refractivity contribution < 1.29 is 47.3 Å². The van der Waals surface area contributed by atoms with Crippen LogP contribution in [0.3, 0.4) is 0 Å². The third-order valence-corrected chi connectivity index (χ3v) is 9.10. The van der Waals surface area contributed by atoms with Crippen LogP contribution in [0.5, 0.6) is 11.5 Å². The zero-order chi connectivity index (χ0) is 29.9. The highest BCUT2D eigenvalue weighted by Gasteiger charge is 2.21. The van der Waals surface area contributed by atoms with Gasteiger partial charge in [-0.2, -0.15) is 8.42 Å². The molecular weight excluding hydrogens is 596 g/mol. The number of thiophene rings is 2. The minimum atomic E-state index is -4.26. The van der Waals surface area contributed by atoms with Crippen LogP contribution in [0.25, 0.3) is 20.2 Å². The molecule has 0 bridgehead atoms. The Balaban J connectivity index is 1.59. The van der Waals surface area contributed by atoms with Gasteiger partial charge in [-0.05, 0) is 47.2 Å². The normalized spacial score (nSPS) is 11.4. The van der Waals surface area contributed by atoms with Gasteiger partial charge in [-0.15, -0.1) is 22.7 Å². The zero-order valence-corrected chi connectivity index (χ0v) is 24.1. The Morgan fingerprint density at radius 3 is 1.41 bits per heavy atom. The van der Waals surface area contributed by atoms with Crippen LogP contribution in [0, 0.1) is 0 Å². The quantitative estimate of drug-likeness (QED) is 0.140. The van der Waals surface area contributed by atoms with Crippen LogP contribution >= 0.6 is 22.7 Å². The van der Waals surface area contributed by atoms with Crippen molar-refractivity contribution in [1.29, 1.82) is 0 Å². The fourth-order valence-electron chi connectivity index (χ4n) is 3.91. The van der Waals surface area contributed by atoms with E-state index in [0.717, 1.165) is 22.7 Å². The van der Waals surface area contributed by atoms with Gasteiger partial charge in [0.2, 0.25) is 0 Å². The highest BCUT2D eigenvalue weighted by atomic mass is 32.2. The number of hydrogen-bond acceptors (Lipinski definition) is 10. The summed E-state index contributed by atoms with van der Waals surface area (Å²) in [6, 6.07) is 9.37. The summed E-state index contributed by atoms with van der Waals surface area (Å²) in [7, 11) is -1.54. The Morgan fingerprint density at radius 2 is 1.07 bits per heavy atom. The molecule has 0 amide bonds. The van der Waals surface area contributed by atoms with Crippen LogP contribution in [0.1, 0.15) is 45.0 Å². The van der Waals surface area contributed by atoms with E-state index < -0.39 is 22.1 Å². The van der Waals surface area contributed by atoms with Crippen molar-refractivity contribution in [2.75, 3.05) is 23.7 Å². The van der Waals surface area contributed by atoms with Gasteiger partial charge in [-0.1, -0.05) is 0 Å². The van der Waals surface area contributed by atoms with Crippen molar-refractivity contribution in [1.82, 2.24) is 0 Å². The number of methoxy groups -OCH3 is 2. The molecule has 0 fully saturated rings. The van der Waals surface area contributed by atoms with Gasteiger partial charge in [0.1, 0.15) is 11.5 Å². The number of carboxylic acids is 2. The van der Waals surface area contributed by atoms with Gasteiger partial charge in [0, 0.05) is 22.2 Å². The lowest BCUT2D eigenvalue weighted by atomic mass is 10.1. The first kappa shape index (κ1) is 29.8. The molecule has 4 N–H and O–H groups in total. The molecule has 0 saturated heterocycles. The molecular formula is C26H24N2O10S3. The van der Waals surface area contributed by atoms with Crippen molar-refractivity contribution in [3.8, 4) is 11.5 Å². The third kappa shape index (κ3) is 7.11. The fraction of sp³-hybridized carbons (Fsp3) is 0.231. The predicted octanol–water partition coefficient (Wildman–Crippen LogP) is 5.00. The molecule has 0 unspecified atom stereocenters. The molecule has 0 atom stereocenters. The Labute approximate surface area is 241 Å². The van der Waals surface area contributed by atoms with Crippen molar-refractivity contribution in [2.45, 2.75) is 25.7 Å².